The van der Waals surface area contributed by atoms with Crippen molar-refractivity contribution in [2.24, 2.45) is 5.92 Å². The zero-order valence-electron chi connectivity index (χ0n) is 23.7. The maximum Gasteiger partial charge on any atom is 0.294 e. The summed E-state index contributed by atoms with van der Waals surface area (Å²) in [6.07, 6.45) is 19.7. The molecule has 222 valence electrons. The molecule has 1 amide bonds. The monoisotopic (exact) mass is 553 g/mol. The Labute approximate surface area is 232 Å². The minimum Gasteiger partial charge on any atom is -0.381 e. The van der Waals surface area contributed by atoms with E-state index in [1.165, 1.54) is 76.2 Å². The van der Waals surface area contributed by atoms with E-state index in [-0.39, 0.29) is 6.41 Å². The summed E-state index contributed by atoms with van der Waals surface area (Å²) >= 11 is 0. The van der Waals surface area contributed by atoms with E-state index in [1.54, 1.807) is 0 Å². The molecule has 11 heteroatoms. The van der Waals surface area contributed by atoms with Gasteiger partial charge in [-0.3, -0.25) is 4.79 Å². The highest BCUT2D eigenvalue weighted by atomic mass is 17.0. The van der Waals surface area contributed by atoms with Crippen LogP contribution in [0.5, 0.6) is 0 Å². The summed E-state index contributed by atoms with van der Waals surface area (Å²) in [4.78, 5) is 37.2. The molecule has 1 aromatic carbocycles. The molecule has 2 unspecified atom stereocenters. The molecule has 0 bridgehead atoms. The molecule has 11 nitrogen and oxygen atoms in total. The molecule has 0 saturated heterocycles. The molecule has 1 aliphatic carbocycles. The fourth-order valence-corrected chi connectivity index (χ4v) is 4.23. The lowest BCUT2D eigenvalue weighted by atomic mass is 9.97. The van der Waals surface area contributed by atoms with E-state index in [4.69, 9.17) is 4.74 Å². The number of unbranched alkanes of at least 4 members (excludes halogenated alkanes) is 4. The number of nitrogens with zero attached hydrogens (tertiary/aromatic N) is 2. The van der Waals surface area contributed by atoms with Crippen LogP contribution >= 0.6 is 0 Å². The van der Waals surface area contributed by atoms with Crippen LogP contribution in [0.25, 0.3) is 0 Å². The number of aryl methyl sites for hydroxylation is 1. The van der Waals surface area contributed by atoms with Gasteiger partial charge >= 0.3 is 0 Å². The molecular formula is C28H47N3O8. The molecule has 1 aromatic rings. The molecule has 0 radical (unpaired) electrons. The zero-order chi connectivity index (χ0) is 29.1. The van der Waals surface area contributed by atoms with Crippen LogP contribution in [-0.4, -0.2) is 49.1 Å². The second-order valence-corrected chi connectivity index (χ2v) is 9.28. The predicted octanol–water partition coefficient (Wildman–Crippen LogP) is 5.87. The number of carbonyl (C=O) groups excluding carboxylic acids is 1. The Morgan fingerprint density at radius 2 is 1.69 bits per heavy atom. The summed E-state index contributed by atoms with van der Waals surface area (Å²) in [5.74, 6) is 0.840. The average molecular weight is 554 g/mol. The first-order valence-corrected chi connectivity index (χ1v) is 13.8. The summed E-state index contributed by atoms with van der Waals surface area (Å²) in [5.41, 5.74) is 1.48. The average Bonchev–Trinajstić information content (AvgIpc) is 3.39. The highest BCUT2D eigenvalue weighted by molar-refractivity contribution is 5.46. The van der Waals surface area contributed by atoms with Gasteiger partial charge < -0.3 is 19.7 Å². The van der Waals surface area contributed by atoms with Gasteiger partial charge in [0.2, 0.25) is 6.41 Å². The van der Waals surface area contributed by atoms with E-state index >= 15 is 0 Å². The third kappa shape index (κ3) is 21.4. The van der Waals surface area contributed by atoms with Crippen molar-refractivity contribution in [3.8, 4) is 0 Å². The van der Waals surface area contributed by atoms with Gasteiger partial charge in [-0.1, -0.05) is 81.5 Å². The zero-order valence-corrected chi connectivity index (χ0v) is 23.7. The van der Waals surface area contributed by atoms with Crippen molar-refractivity contribution in [1.82, 2.24) is 5.32 Å². The molecule has 0 heterocycles. The van der Waals surface area contributed by atoms with Crippen LogP contribution in [0.15, 0.2) is 42.5 Å². The summed E-state index contributed by atoms with van der Waals surface area (Å²) in [5, 5.41) is 19.4. The topological polar surface area (TPSA) is 143 Å². The molecule has 0 spiro atoms. The minimum atomic E-state index is -1.08. The van der Waals surface area contributed by atoms with E-state index < -0.39 is 29.4 Å². The second-order valence-electron chi connectivity index (χ2n) is 9.28. The van der Waals surface area contributed by atoms with Crippen LogP contribution in [0.1, 0.15) is 83.6 Å². The number of ether oxygens (including phenoxy) is 1. The van der Waals surface area contributed by atoms with E-state index in [1.807, 2.05) is 7.11 Å². The Hall–Kier alpha value is -3.21. The quantitative estimate of drug-likeness (QED) is 0.0781. The maximum atomic E-state index is 9.94. The normalized spacial score (nSPS) is 16.0. The van der Waals surface area contributed by atoms with Crippen molar-refractivity contribution >= 4 is 6.41 Å². The molecule has 1 aliphatic rings. The van der Waals surface area contributed by atoms with Gasteiger partial charge in [0.25, 0.3) is 10.2 Å². The van der Waals surface area contributed by atoms with Crippen LogP contribution in [0, 0.1) is 26.1 Å². The van der Waals surface area contributed by atoms with Gasteiger partial charge in [-0.05, 0) is 56.9 Å². The molecule has 1 fully saturated rings. The lowest BCUT2D eigenvalue weighted by molar-refractivity contribution is -0.766. The van der Waals surface area contributed by atoms with Gasteiger partial charge in [0.1, 0.15) is 13.2 Å². The number of amides is 1. The van der Waals surface area contributed by atoms with E-state index in [2.05, 4.69) is 71.3 Å². The van der Waals surface area contributed by atoms with Crippen LogP contribution in [0.4, 0.5) is 0 Å². The van der Waals surface area contributed by atoms with Gasteiger partial charge in [-0.2, -0.15) is 0 Å². The van der Waals surface area contributed by atoms with Crippen LogP contribution in [0.3, 0.4) is 0 Å². The summed E-state index contributed by atoms with van der Waals surface area (Å²) < 4.78 is 5.55. The van der Waals surface area contributed by atoms with Gasteiger partial charge in [0.05, 0.1) is 12.1 Å². The number of hydrogen-bond donors (Lipinski definition) is 1. The van der Waals surface area contributed by atoms with Crippen LogP contribution in [-0.2, 0) is 25.6 Å². The number of benzene rings is 1. The van der Waals surface area contributed by atoms with E-state index in [9.17, 15) is 25.0 Å². The maximum absolute atomic E-state index is 9.94. The Bertz CT molecular complexity index is 761. The largest absolute Gasteiger partial charge is 0.381 e. The highest BCUT2D eigenvalue weighted by Crippen LogP contribution is 2.31. The fraction of sp³-hybridized carbons (Fsp3) is 0.679. The number of allylic oxidation sites excluding steroid dienone is 2. The van der Waals surface area contributed by atoms with Crippen molar-refractivity contribution < 1.29 is 29.4 Å². The number of carbonyl (C=O) groups is 1. The third-order valence-corrected chi connectivity index (χ3v) is 6.30. The van der Waals surface area contributed by atoms with Gasteiger partial charge in [-0.15, -0.1) is 20.2 Å². The van der Waals surface area contributed by atoms with E-state index in [0.29, 0.717) is 6.10 Å². The SMILES string of the molecule is C/C=C\CCCC.COC1CCCC1CCCCCc1ccccc1.O=CNC(CO[N+](=O)[O-])CO[N+](=O)[O-]. The van der Waals surface area contributed by atoms with Crippen LogP contribution in [0.2, 0.25) is 0 Å². The van der Waals surface area contributed by atoms with Crippen molar-refractivity contribution in [3.63, 3.8) is 0 Å². The van der Waals surface area contributed by atoms with Gasteiger partial charge in [0.15, 0.2) is 0 Å². The lowest BCUT2D eigenvalue weighted by Crippen LogP contribution is -2.38. The van der Waals surface area contributed by atoms with Gasteiger partial charge in [-0.25, -0.2) is 0 Å². The highest BCUT2D eigenvalue weighted by Gasteiger charge is 2.26. The summed E-state index contributed by atoms with van der Waals surface area (Å²) in [6.45, 7) is 3.25. The Kier molecular flexibility index (Phi) is 23.0. The molecule has 2 atom stereocenters. The number of nitrogens with one attached hydrogen (secondary N) is 1. The van der Waals surface area contributed by atoms with Crippen molar-refractivity contribution in [2.75, 3.05) is 20.3 Å². The molecule has 1 saturated carbocycles. The first-order valence-electron chi connectivity index (χ1n) is 13.8. The number of rotatable bonds is 18. The first kappa shape index (κ1) is 35.8. The van der Waals surface area contributed by atoms with Crippen molar-refractivity contribution in [1.29, 1.82) is 0 Å². The third-order valence-electron chi connectivity index (χ3n) is 6.30. The Morgan fingerprint density at radius 3 is 2.23 bits per heavy atom. The van der Waals surface area contributed by atoms with Gasteiger partial charge in [0, 0.05) is 7.11 Å². The predicted molar refractivity (Wildman–Crippen MR) is 150 cm³/mol. The Balaban J connectivity index is 0.000000613. The molecule has 1 N–H and O–H groups in total. The summed E-state index contributed by atoms with van der Waals surface area (Å²) in [6, 6.07) is 9.89. The Morgan fingerprint density at radius 1 is 1.03 bits per heavy atom. The van der Waals surface area contributed by atoms with Crippen molar-refractivity contribution in [2.45, 2.75) is 96.6 Å². The first-order chi connectivity index (χ1) is 18.9. The minimum absolute atomic E-state index is 0.233. The molecule has 0 aliphatic heterocycles. The number of methoxy groups -OCH3 is 1. The molecule has 0 aromatic heterocycles. The summed E-state index contributed by atoms with van der Waals surface area (Å²) in [7, 11) is 1.87. The lowest BCUT2D eigenvalue weighted by Gasteiger charge is -2.17. The molecular weight excluding hydrogens is 506 g/mol. The number of hydrogen-bond acceptors (Lipinski definition) is 8. The second kappa shape index (κ2) is 25.1. The van der Waals surface area contributed by atoms with Crippen LogP contribution < -0.4 is 5.32 Å². The standard InChI is InChI=1S/C17H26O.C7H14.C4H7N3O7/c1-18-17-14-8-13-16(17)12-7-3-6-11-15-9-4-2-5-10-15;1-3-5-7-6-4-2;8-3-5-4(1-13-6(9)10)2-14-7(11)12/h2,4-5,9-10,16-17H,3,6-8,11-14H2,1H3;3,5H,4,6-7H2,1-2H3;3-4H,1-2H2,(H,5,8)/b;5-3-;. The van der Waals surface area contributed by atoms with E-state index in [0.717, 1.165) is 5.92 Å². The molecule has 39 heavy (non-hydrogen) atoms. The molecule has 2 rings (SSSR count). The smallest absolute Gasteiger partial charge is 0.294 e. The van der Waals surface area contributed by atoms with Crippen molar-refractivity contribution in [3.05, 3.63) is 68.3 Å². The fourth-order valence-electron chi connectivity index (χ4n) is 4.23.